The molecule has 4 heterocycles. The fourth-order valence-corrected chi connectivity index (χ4v) is 8.29. The number of amides is 1. The number of imidazole rings is 1. The van der Waals surface area contributed by atoms with E-state index in [4.69, 9.17) is 9.72 Å². The van der Waals surface area contributed by atoms with Crippen LogP contribution < -0.4 is 9.46 Å². The van der Waals surface area contributed by atoms with Crippen molar-refractivity contribution in [2.45, 2.75) is 75.9 Å². The molecule has 0 radical (unpaired) electrons. The molecule has 1 amide bonds. The third kappa shape index (κ3) is 4.96. The number of fused-ring (bicyclic) bond motifs is 9. The van der Waals surface area contributed by atoms with Crippen LogP contribution in [0.25, 0.3) is 22.2 Å². The van der Waals surface area contributed by atoms with Crippen LogP contribution in [0.1, 0.15) is 86.5 Å². The van der Waals surface area contributed by atoms with Crippen molar-refractivity contribution in [1.82, 2.24) is 24.2 Å². The first kappa shape index (κ1) is 31.5. The van der Waals surface area contributed by atoms with Crippen LogP contribution in [-0.4, -0.2) is 48.3 Å². The Balaban J connectivity index is 1.30. The number of nitrogens with zero attached hydrogens (tertiary/aromatic N) is 5. The summed E-state index contributed by atoms with van der Waals surface area (Å²) in [6.07, 6.45) is 2.51. The highest BCUT2D eigenvalue weighted by Gasteiger charge is 2.59. The van der Waals surface area contributed by atoms with Gasteiger partial charge in [-0.2, -0.15) is 14.0 Å². The number of hydrogen-bond donors (Lipinski definition) is 1. The number of halogens is 3. The molecule has 9 nitrogen and oxygen atoms in total. The van der Waals surface area contributed by atoms with Gasteiger partial charge in [-0.25, -0.2) is 9.37 Å². The van der Waals surface area contributed by atoms with Crippen molar-refractivity contribution in [3.8, 4) is 22.9 Å². The van der Waals surface area contributed by atoms with Gasteiger partial charge in [0, 0.05) is 47.7 Å². The Morgan fingerprint density at radius 3 is 2.57 bits per heavy atom. The van der Waals surface area contributed by atoms with Gasteiger partial charge in [-0.15, -0.1) is 4.72 Å². The molecule has 1 saturated carbocycles. The summed E-state index contributed by atoms with van der Waals surface area (Å²) in [5, 5.41) is 9.69. The normalized spacial score (nSPS) is 25.6. The zero-order valence-electron chi connectivity index (χ0n) is 26.5. The number of hydrogen-bond acceptors (Lipinski definition) is 7. The van der Waals surface area contributed by atoms with E-state index in [9.17, 15) is 23.4 Å². The van der Waals surface area contributed by atoms with E-state index in [1.807, 2.05) is 31.4 Å². The summed E-state index contributed by atoms with van der Waals surface area (Å²) >= 11 is -1.53. The molecular weight excluding hydrogens is 629 g/mol. The molecule has 1 unspecified atom stereocenters. The summed E-state index contributed by atoms with van der Waals surface area (Å²) in [6, 6.07) is 12.8. The summed E-state index contributed by atoms with van der Waals surface area (Å²) in [6.45, 7) is 4.18. The molecule has 47 heavy (non-hydrogen) atoms. The van der Waals surface area contributed by atoms with Gasteiger partial charge in [-0.1, -0.05) is 12.1 Å². The maximum Gasteiger partial charge on any atom is 0.387 e. The number of pyridine rings is 1. The largest absolute Gasteiger partial charge is 0.598 e. The second kappa shape index (κ2) is 10.7. The topological polar surface area (TPSA) is 119 Å². The number of carbonyl (C=O) groups is 1. The molecule has 1 fully saturated rings. The first-order valence-electron chi connectivity index (χ1n) is 15.3. The van der Waals surface area contributed by atoms with Crippen molar-refractivity contribution in [3.63, 3.8) is 0 Å². The molecule has 7 rings (SSSR count). The van der Waals surface area contributed by atoms with Crippen molar-refractivity contribution < 1.29 is 27.3 Å². The molecule has 2 bridgehead atoms. The number of nitrogens with one attached hydrogen (secondary N) is 1. The summed E-state index contributed by atoms with van der Waals surface area (Å²) in [7, 11) is 1.68. The molecule has 1 N–H and O–H groups in total. The Morgan fingerprint density at radius 2 is 1.91 bits per heavy atom. The van der Waals surface area contributed by atoms with Gasteiger partial charge in [0.05, 0.1) is 34.6 Å². The summed E-state index contributed by atoms with van der Waals surface area (Å²) < 4.78 is 65.4. The molecule has 0 saturated heterocycles. The molecule has 0 spiro atoms. The molecule has 4 aromatic rings. The van der Waals surface area contributed by atoms with Gasteiger partial charge in [-0.05, 0) is 76.4 Å². The molecule has 3 aliphatic rings. The highest BCUT2D eigenvalue weighted by Crippen LogP contribution is 2.55. The van der Waals surface area contributed by atoms with Gasteiger partial charge in [0.25, 0.3) is 5.91 Å². The first-order chi connectivity index (χ1) is 22.1. The Morgan fingerprint density at radius 1 is 1.17 bits per heavy atom. The molecule has 244 valence electrons. The van der Waals surface area contributed by atoms with E-state index in [1.165, 1.54) is 18.2 Å². The number of nitriles is 1. The maximum atomic E-state index is 16.0. The number of carbonyl (C=O) groups excluding carboxylic acids is 1. The van der Waals surface area contributed by atoms with E-state index >= 15 is 4.39 Å². The number of rotatable bonds is 6. The summed E-state index contributed by atoms with van der Waals surface area (Å²) in [5.41, 5.74) is 1.48. The lowest BCUT2D eigenvalue weighted by atomic mass is 9.58. The third-order valence-electron chi connectivity index (χ3n) is 9.53. The Hall–Kier alpha value is -4.12. The van der Waals surface area contributed by atoms with Crippen LogP contribution in [0.3, 0.4) is 0 Å². The predicted octanol–water partition coefficient (Wildman–Crippen LogP) is 6.53. The quantitative estimate of drug-likeness (QED) is 0.233. The lowest BCUT2D eigenvalue weighted by molar-refractivity contribution is -0.0507. The summed E-state index contributed by atoms with van der Waals surface area (Å²) in [4.78, 5) is 24.4. The number of ether oxygens (including phenoxy) is 1. The van der Waals surface area contributed by atoms with E-state index in [1.54, 1.807) is 43.3 Å². The lowest BCUT2D eigenvalue weighted by Crippen LogP contribution is -2.61. The van der Waals surface area contributed by atoms with Crippen molar-refractivity contribution in [3.05, 3.63) is 77.1 Å². The van der Waals surface area contributed by atoms with Crippen LogP contribution in [0.2, 0.25) is 0 Å². The lowest BCUT2D eigenvalue weighted by Gasteiger charge is -2.50. The highest BCUT2D eigenvalue weighted by molar-refractivity contribution is 7.90. The van der Waals surface area contributed by atoms with E-state index < -0.39 is 51.6 Å². The van der Waals surface area contributed by atoms with Crippen LogP contribution in [0, 0.1) is 22.6 Å². The van der Waals surface area contributed by atoms with Crippen molar-refractivity contribution in [2.75, 3.05) is 7.05 Å². The van der Waals surface area contributed by atoms with Gasteiger partial charge in [0.1, 0.15) is 33.4 Å². The minimum atomic E-state index is -3.07. The van der Waals surface area contributed by atoms with Crippen molar-refractivity contribution >= 4 is 28.3 Å². The van der Waals surface area contributed by atoms with E-state index in [2.05, 4.69) is 15.8 Å². The Bertz CT molecular complexity index is 1980. The molecule has 2 aromatic heterocycles. The molecule has 1 aliphatic carbocycles. The number of aromatic nitrogens is 3. The van der Waals surface area contributed by atoms with Gasteiger partial charge >= 0.3 is 6.61 Å². The predicted molar refractivity (Wildman–Crippen MR) is 169 cm³/mol. The van der Waals surface area contributed by atoms with E-state index in [0.29, 0.717) is 45.5 Å². The zero-order chi connectivity index (χ0) is 33.6. The standard InChI is InChI=1S/C34H33F3N6O3S/c1-32(2,3)47(45)41-34(15-33(4,16-34)17-38)28-21(35)11-19(14-39-28)18-9-10-22-23(12-18)43-24-13-25(29(43)40-22)42(5)30(44)20-7-6-8-26(27(20)24)46-31(36)37/h6-12,14,24-25,31,41H,13,15-16H2,1-5H3/t24-,25-,33-,34+,47?/m1/s1. The Labute approximate surface area is 273 Å². The number of alkyl halides is 2. The molecule has 3 atom stereocenters. The van der Waals surface area contributed by atoms with Crippen LogP contribution in [0.5, 0.6) is 5.75 Å². The van der Waals surface area contributed by atoms with Gasteiger partial charge in [0.2, 0.25) is 0 Å². The van der Waals surface area contributed by atoms with Crippen molar-refractivity contribution in [2.24, 2.45) is 5.41 Å². The Kier molecular flexibility index (Phi) is 7.17. The fraction of sp³-hybridized carbons (Fsp3) is 0.412. The smallest absolute Gasteiger partial charge is 0.387 e. The van der Waals surface area contributed by atoms with E-state index in [-0.39, 0.29) is 30.2 Å². The summed E-state index contributed by atoms with van der Waals surface area (Å²) in [5.74, 6) is -0.320. The van der Waals surface area contributed by atoms with Crippen LogP contribution in [-0.2, 0) is 16.9 Å². The van der Waals surface area contributed by atoms with Crippen LogP contribution >= 0.6 is 0 Å². The average molecular weight is 663 g/mol. The monoisotopic (exact) mass is 662 g/mol. The van der Waals surface area contributed by atoms with Gasteiger partial charge in [0.15, 0.2) is 0 Å². The molecule has 13 heteroatoms. The highest BCUT2D eigenvalue weighted by atomic mass is 32.2. The first-order valence-corrected chi connectivity index (χ1v) is 16.4. The fourth-order valence-electron chi connectivity index (χ4n) is 7.38. The minimum Gasteiger partial charge on any atom is -0.598 e. The van der Waals surface area contributed by atoms with Crippen LogP contribution in [0.4, 0.5) is 13.2 Å². The SMILES string of the molecule is CN1C(=O)c2cccc(OC(F)F)c2[C@H]2C[C@@H]1c1nc3ccc(-c4cnc([C@]5(N[S+]([O-])C(C)(C)C)C[C@@](C)(C#N)C5)c(F)c4)cc3n12. The van der Waals surface area contributed by atoms with Crippen molar-refractivity contribution in [1.29, 1.82) is 5.26 Å². The van der Waals surface area contributed by atoms with Gasteiger partial charge < -0.3 is 18.8 Å². The molecule has 2 aromatic carbocycles. The van der Waals surface area contributed by atoms with E-state index in [0.717, 1.165) is 0 Å². The molecule has 2 aliphatic heterocycles. The molecular formula is C34H33F3N6O3S. The van der Waals surface area contributed by atoms with Crippen LogP contribution in [0.15, 0.2) is 48.7 Å². The maximum absolute atomic E-state index is 16.0. The average Bonchev–Trinajstić information content (AvgIpc) is 3.52. The third-order valence-corrected chi connectivity index (χ3v) is 11.2. The minimum absolute atomic E-state index is 0.0592. The zero-order valence-corrected chi connectivity index (χ0v) is 27.3. The van der Waals surface area contributed by atoms with Gasteiger partial charge in [-0.3, -0.25) is 9.78 Å². The second-order valence-electron chi connectivity index (χ2n) is 14.0. The second-order valence-corrected chi connectivity index (χ2v) is 15.9. The number of benzene rings is 2.